The Morgan fingerprint density at radius 3 is 2.17 bits per heavy atom. The Morgan fingerprint density at radius 2 is 1.52 bits per heavy atom. The molecule has 0 saturated carbocycles. The van der Waals surface area contributed by atoms with Gasteiger partial charge in [0.1, 0.15) is 6.54 Å². The van der Waals surface area contributed by atoms with Crippen molar-refractivity contribution in [2.24, 2.45) is 0 Å². The normalized spacial score (nSPS) is 13.9. The molecule has 0 aliphatic heterocycles. The molecule has 0 fully saturated rings. The van der Waals surface area contributed by atoms with Gasteiger partial charge in [-0.05, 0) is 38.5 Å². The van der Waals surface area contributed by atoms with Gasteiger partial charge in [0.2, 0.25) is 5.91 Å². The van der Waals surface area contributed by atoms with Crippen molar-refractivity contribution in [3.8, 4) is 0 Å². The van der Waals surface area contributed by atoms with Crippen molar-refractivity contribution in [3.63, 3.8) is 0 Å². The molecule has 5 heteroatoms. The van der Waals surface area contributed by atoms with E-state index >= 15 is 0 Å². The third-order valence-electron chi connectivity index (χ3n) is 5.06. The van der Waals surface area contributed by atoms with E-state index in [4.69, 9.17) is 5.11 Å². The van der Waals surface area contributed by atoms with Gasteiger partial charge in [-0.15, -0.1) is 0 Å². The smallest absolute Gasteiger partial charge is 0.219 e. The number of quaternary nitrogens is 1. The topological polar surface area (TPSA) is 72.4 Å². The monoisotopic (exact) mass is 410 g/mol. The van der Waals surface area contributed by atoms with Gasteiger partial charge in [-0.2, -0.15) is 0 Å². The summed E-state index contributed by atoms with van der Waals surface area (Å²) < 4.78 is -0.447. The van der Waals surface area contributed by atoms with Crippen LogP contribution in [-0.4, -0.2) is 48.9 Å². The predicted molar refractivity (Wildman–Crippen MR) is 123 cm³/mol. The molecule has 0 aromatic rings. The molecular formula is C24H46N2O3. The highest BCUT2D eigenvalue weighted by atomic mass is 16.5. The first-order valence-corrected chi connectivity index (χ1v) is 11.7. The number of hydrogen-bond donors (Lipinski definition) is 2. The minimum Gasteiger partial charge on any atom is -0.633 e. The van der Waals surface area contributed by atoms with Gasteiger partial charge < -0.3 is 20.3 Å². The molecule has 170 valence electrons. The molecule has 0 rings (SSSR count). The first-order chi connectivity index (χ1) is 14.0. The lowest BCUT2D eigenvalue weighted by Gasteiger charge is -2.38. The SMILES string of the molecule is CCCCC/C=C/C/C=C/CCCCCCCC(=O)NCCC[N@@+](C)([O-])CCO. The number of aliphatic hydroxyl groups excluding tert-OH is 1. The second-order valence-corrected chi connectivity index (χ2v) is 8.15. The minimum absolute atomic E-state index is 0.0814. The van der Waals surface area contributed by atoms with E-state index in [1.54, 1.807) is 7.05 Å². The van der Waals surface area contributed by atoms with Crippen molar-refractivity contribution in [2.45, 2.75) is 90.4 Å². The number of aliphatic hydroxyl groups is 1. The van der Waals surface area contributed by atoms with E-state index in [2.05, 4.69) is 36.5 Å². The molecule has 0 spiro atoms. The maximum absolute atomic E-state index is 11.8. The molecule has 0 unspecified atom stereocenters. The van der Waals surface area contributed by atoms with Crippen LogP contribution in [0.15, 0.2) is 24.3 Å². The highest BCUT2D eigenvalue weighted by Crippen LogP contribution is 2.08. The number of carbonyl (C=O) groups is 1. The number of likely N-dealkylation sites (N-methyl/N-ethyl adjacent to an activating group) is 1. The predicted octanol–water partition coefficient (Wildman–Crippen LogP) is 5.24. The number of unbranched alkanes of at least 4 members (excludes halogenated alkanes) is 8. The Hall–Kier alpha value is -1.17. The Morgan fingerprint density at radius 1 is 0.897 bits per heavy atom. The van der Waals surface area contributed by atoms with Crippen LogP contribution in [0.3, 0.4) is 0 Å². The number of rotatable bonds is 20. The third-order valence-corrected chi connectivity index (χ3v) is 5.06. The van der Waals surface area contributed by atoms with Gasteiger partial charge in [0.15, 0.2) is 0 Å². The van der Waals surface area contributed by atoms with E-state index in [1.165, 1.54) is 44.9 Å². The highest BCUT2D eigenvalue weighted by molar-refractivity contribution is 5.75. The van der Waals surface area contributed by atoms with Gasteiger partial charge in [-0.3, -0.25) is 4.79 Å². The molecule has 2 N–H and O–H groups in total. The standard InChI is InChI=1S/C24H46N2O3/c1-3-4-5-6-7-8-9-10-11-12-13-14-15-16-17-19-24(28)25-20-18-21-26(2,29)22-23-27/h7-8,10-11,27H,3-6,9,12-23H2,1-2H3,(H,25,28)/b8-7+,11-10+/t26-/m1/s1. The lowest BCUT2D eigenvalue weighted by molar-refractivity contribution is -0.861. The number of nitrogens with one attached hydrogen (secondary N) is 1. The van der Waals surface area contributed by atoms with E-state index in [0.717, 1.165) is 25.7 Å². The maximum Gasteiger partial charge on any atom is 0.219 e. The quantitative estimate of drug-likeness (QED) is 0.125. The van der Waals surface area contributed by atoms with Gasteiger partial charge >= 0.3 is 0 Å². The van der Waals surface area contributed by atoms with Gasteiger partial charge in [0, 0.05) is 19.4 Å². The number of hydrogen-bond acceptors (Lipinski definition) is 3. The van der Waals surface area contributed by atoms with Crippen LogP contribution in [0.5, 0.6) is 0 Å². The fourth-order valence-corrected chi connectivity index (χ4v) is 3.15. The van der Waals surface area contributed by atoms with Crippen LogP contribution in [0.1, 0.15) is 90.4 Å². The fraction of sp³-hybridized carbons (Fsp3) is 0.792. The third kappa shape index (κ3) is 21.4. The van der Waals surface area contributed by atoms with Crippen LogP contribution in [0, 0.1) is 5.21 Å². The molecule has 0 aromatic heterocycles. The maximum atomic E-state index is 11.8. The van der Waals surface area contributed by atoms with Gasteiger partial charge in [-0.25, -0.2) is 0 Å². The average Bonchev–Trinajstić information content (AvgIpc) is 2.68. The Labute approximate surface area is 179 Å². The van der Waals surface area contributed by atoms with Crippen LogP contribution in [0.25, 0.3) is 0 Å². The van der Waals surface area contributed by atoms with E-state index in [1.807, 2.05) is 0 Å². The number of amides is 1. The molecule has 1 amide bonds. The second-order valence-electron chi connectivity index (χ2n) is 8.15. The molecule has 0 saturated heterocycles. The number of carbonyl (C=O) groups excluding carboxylic acids is 1. The van der Waals surface area contributed by atoms with Crippen molar-refractivity contribution in [3.05, 3.63) is 29.5 Å². The van der Waals surface area contributed by atoms with Crippen LogP contribution >= 0.6 is 0 Å². The molecule has 0 heterocycles. The molecule has 1 atom stereocenters. The fourth-order valence-electron chi connectivity index (χ4n) is 3.15. The van der Waals surface area contributed by atoms with Crippen LogP contribution in [-0.2, 0) is 4.79 Å². The van der Waals surface area contributed by atoms with Crippen LogP contribution in [0.2, 0.25) is 0 Å². The zero-order valence-electron chi connectivity index (χ0n) is 19.0. The van der Waals surface area contributed by atoms with Crippen molar-refractivity contribution in [2.75, 3.05) is 33.3 Å². The van der Waals surface area contributed by atoms with E-state index in [9.17, 15) is 10.0 Å². The summed E-state index contributed by atoms with van der Waals surface area (Å²) in [6, 6.07) is 0. The minimum atomic E-state index is -0.447. The molecule has 0 aliphatic rings. The van der Waals surface area contributed by atoms with Crippen molar-refractivity contribution < 1.29 is 14.5 Å². The summed E-state index contributed by atoms with van der Waals surface area (Å²) in [5.41, 5.74) is 0. The van der Waals surface area contributed by atoms with Gasteiger partial charge in [-0.1, -0.05) is 63.3 Å². The summed E-state index contributed by atoms with van der Waals surface area (Å²) in [6.07, 6.45) is 23.4. The first kappa shape index (κ1) is 27.8. The van der Waals surface area contributed by atoms with Crippen LogP contribution in [0.4, 0.5) is 0 Å². The lowest BCUT2D eigenvalue weighted by atomic mass is 10.1. The Kier molecular flexibility index (Phi) is 19.3. The summed E-state index contributed by atoms with van der Waals surface area (Å²) >= 11 is 0. The van der Waals surface area contributed by atoms with E-state index < -0.39 is 4.65 Å². The van der Waals surface area contributed by atoms with Crippen molar-refractivity contribution in [1.82, 2.24) is 5.32 Å². The van der Waals surface area contributed by atoms with Crippen molar-refractivity contribution in [1.29, 1.82) is 0 Å². The van der Waals surface area contributed by atoms with E-state index in [0.29, 0.717) is 25.9 Å². The highest BCUT2D eigenvalue weighted by Gasteiger charge is 2.08. The molecule has 5 nitrogen and oxygen atoms in total. The van der Waals surface area contributed by atoms with Gasteiger partial charge in [0.25, 0.3) is 0 Å². The summed E-state index contributed by atoms with van der Waals surface area (Å²) in [4.78, 5) is 11.8. The molecule has 0 radical (unpaired) electrons. The summed E-state index contributed by atoms with van der Waals surface area (Å²) in [5.74, 6) is 0.0814. The Balaban J connectivity index is 3.39. The lowest BCUT2D eigenvalue weighted by Crippen LogP contribution is -2.42. The summed E-state index contributed by atoms with van der Waals surface area (Å²) in [6.45, 7) is 3.31. The zero-order chi connectivity index (χ0) is 21.6. The molecule has 0 bridgehead atoms. The number of hydroxylamine groups is 3. The molecule has 0 aromatic carbocycles. The molecular weight excluding hydrogens is 364 g/mol. The number of allylic oxidation sites excluding steroid dienone is 4. The first-order valence-electron chi connectivity index (χ1n) is 11.7. The van der Waals surface area contributed by atoms with E-state index in [-0.39, 0.29) is 19.1 Å². The molecule has 29 heavy (non-hydrogen) atoms. The summed E-state index contributed by atoms with van der Waals surface area (Å²) in [7, 11) is 1.56. The van der Waals surface area contributed by atoms with Gasteiger partial charge in [0.05, 0.1) is 20.2 Å². The second kappa shape index (κ2) is 20.1. The summed E-state index contributed by atoms with van der Waals surface area (Å²) in [5, 5.41) is 23.5. The van der Waals surface area contributed by atoms with Crippen LogP contribution < -0.4 is 5.32 Å². The average molecular weight is 411 g/mol. The Bertz CT molecular complexity index is 434. The largest absolute Gasteiger partial charge is 0.633 e. The zero-order valence-corrected chi connectivity index (χ0v) is 19.0. The molecule has 0 aliphatic carbocycles. The number of nitrogens with zero attached hydrogens (tertiary/aromatic N) is 1. The van der Waals surface area contributed by atoms with Crippen molar-refractivity contribution >= 4 is 5.91 Å².